The van der Waals surface area contributed by atoms with Gasteiger partial charge < -0.3 is 15.4 Å². The first-order chi connectivity index (χ1) is 18.2. The maximum atomic E-state index is 6.24. The maximum absolute atomic E-state index is 6.24. The molecule has 3 aromatic heterocycles. The molecule has 0 aliphatic carbocycles. The molecule has 2 N–H and O–H groups in total. The van der Waals surface area contributed by atoms with Gasteiger partial charge in [-0.25, -0.2) is 9.97 Å². The van der Waals surface area contributed by atoms with E-state index in [1.165, 1.54) is 5.56 Å². The Bertz CT molecular complexity index is 1540. The van der Waals surface area contributed by atoms with E-state index in [4.69, 9.17) is 4.74 Å². The summed E-state index contributed by atoms with van der Waals surface area (Å²) >= 11 is 0. The van der Waals surface area contributed by atoms with Crippen molar-refractivity contribution in [1.82, 2.24) is 20.2 Å². The molecule has 37 heavy (non-hydrogen) atoms. The van der Waals surface area contributed by atoms with Crippen molar-refractivity contribution >= 4 is 17.3 Å². The lowest BCUT2D eigenvalue weighted by atomic mass is 9.96. The Morgan fingerprint density at radius 1 is 0.838 bits per heavy atom. The molecule has 0 saturated heterocycles. The van der Waals surface area contributed by atoms with E-state index >= 15 is 0 Å². The van der Waals surface area contributed by atoms with Crippen molar-refractivity contribution in [3.63, 3.8) is 0 Å². The lowest BCUT2D eigenvalue weighted by Gasteiger charge is -2.20. The van der Waals surface area contributed by atoms with E-state index in [-0.39, 0.29) is 0 Å². The molecule has 0 unspecified atom stereocenters. The lowest BCUT2D eigenvalue weighted by Crippen LogP contribution is -2.14. The predicted octanol–water partition coefficient (Wildman–Crippen LogP) is 6.80. The van der Waals surface area contributed by atoms with E-state index in [1.807, 2.05) is 92.0 Å². The molecule has 0 fully saturated rings. The normalized spacial score (nSPS) is 12.4. The number of nitrogens with zero attached hydrogens (tertiary/aromatic N) is 4. The van der Waals surface area contributed by atoms with Crippen LogP contribution in [-0.4, -0.2) is 26.7 Å². The smallest absolute Gasteiger partial charge is 0.227 e. The highest BCUT2D eigenvalue weighted by molar-refractivity contribution is 5.76. The average molecular weight is 487 g/mol. The van der Waals surface area contributed by atoms with Crippen LogP contribution in [-0.2, 0) is 6.42 Å². The molecule has 0 radical (unpaired) electrons. The Kier molecular flexibility index (Phi) is 6.17. The fourth-order valence-electron chi connectivity index (χ4n) is 4.51. The van der Waals surface area contributed by atoms with Crippen LogP contribution in [0.3, 0.4) is 0 Å². The minimum Gasteiger partial charge on any atom is -0.438 e. The van der Waals surface area contributed by atoms with E-state index in [0.717, 1.165) is 64.7 Å². The van der Waals surface area contributed by atoms with E-state index in [0.29, 0.717) is 11.6 Å². The van der Waals surface area contributed by atoms with Crippen LogP contribution in [0.25, 0.3) is 22.4 Å². The SMILES string of the molecule is Cc1cc(-c2ccccc2)nnc1Nc1ccc(Oc2ncccc2-c2ccnc3c2CCCN3)cc1. The van der Waals surface area contributed by atoms with E-state index in [2.05, 4.69) is 30.8 Å². The summed E-state index contributed by atoms with van der Waals surface area (Å²) in [6.07, 6.45) is 5.65. The second-order valence-corrected chi connectivity index (χ2v) is 8.95. The van der Waals surface area contributed by atoms with Gasteiger partial charge in [0.25, 0.3) is 0 Å². The number of pyridine rings is 2. The van der Waals surface area contributed by atoms with Crippen molar-refractivity contribution < 1.29 is 4.74 Å². The molecule has 0 saturated carbocycles. The van der Waals surface area contributed by atoms with Crippen molar-refractivity contribution in [2.24, 2.45) is 0 Å². The van der Waals surface area contributed by atoms with Gasteiger partial charge in [0.1, 0.15) is 11.6 Å². The van der Waals surface area contributed by atoms with E-state index < -0.39 is 0 Å². The quantitative estimate of drug-likeness (QED) is 0.273. The van der Waals surface area contributed by atoms with Gasteiger partial charge in [-0.1, -0.05) is 30.3 Å². The molecule has 1 aliphatic rings. The standard InChI is InChI=1S/C30H26N6O/c1-20-19-27(21-7-3-2-4-8-21)35-36-28(20)34-22-11-13-23(14-12-22)37-30-26(10-6-17-33-30)24-15-18-32-29-25(24)9-5-16-31-29/h2-4,6-8,10-15,17-19H,5,9,16H2,1H3,(H,31,32)(H,34,36). The Morgan fingerprint density at radius 2 is 1.70 bits per heavy atom. The van der Waals surface area contributed by atoms with Gasteiger partial charge in [-0.05, 0) is 79.4 Å². The molecule has 4 heterocycles. The van der Waals surface area contributed by atoms with E-state index in [9.17, 15) is 0 Å². The molecule has 0 bridgehead atoms. The summed E-state index contributed by atoms with van der Waals surface area (Å²) in [6, 6.07) is 25.9. The molecule has 0 amide bonds. The fraction of sp³-hybridized carbons (Fsp3) is 0.133. The van der Waals surface area contributed by atoms with Gasteiger partial charge in [0, 0.05) is 41.3 Å². The number of benzene rings is 2. The summed E-state index contributed by atoms with van der Waals surface area (Å²) in [5.74, 6) is 2.94. The summed E-state index contributed by atoms with van der Waals surface area (Å²) in [4.78, 5) is 9.04. The predicted molar refractivity (Wildman–Crippen MR) is 146 cm³/mol. The van der Waals surface area contributed by atoms with Crippen LogP contribution in [0.2, 0.25) is 0 Å². The first-order valence-corrected chi connectivity index (χ1v) is 12.4. The van der Waals surface area contributed by atoms with Gasteiger partial charge in [0.05, 0.1) is 5.69 Å². The summed E-state index contributed by atoms with van der Waals surface area (Å²) < 4.78 is 6.24. The number of ether oxygens (including phenoxy) is 1. The molecular formula is C30H26N6O. The molecular weight excluding hydrogens is 460 g/mol. The highest BCUT2D eigenvalue weighted by atomic mass is 16.5. The molecule has 182 valence electrons. The molecule has 2 aromatic carbocycles. The number of aryl methyl sites for hydroxylation is 1. The topological polar surface area (TPSA) is 84.9 Å². The largest absolute Gasteiger partial charge is 0.438 e. The van der Waals surface area contributed by atoms with E-state index in [1.54, 1.807) is 6.20 Å². The van der Waals surface area contributed by atoms with Crippen LogP contribution in [0.4, 0.5) is 17.3 Å². The second kappa shape index (κ2) is 10.1. The molecule has 5 aromatic rings. The number of anilines is 3. The molecule has 1 aliphatic heterocycles. The zero-order chi connectivity index (χ0) is 25.0. The highest BCUT2D eigenvalue weighted by Crippen LogP contribution is 2.37. The van der Waals surface area contributed by atoms with Crippen LogP contribution in [0, 0.1) is 6.92 Å². The average Bonchev–Trinajstić information content (AvgIpc) is 2.96. The number of nitrogens with one attached hydrogen (secondary N) is 2. The minimum atomic E-state index is 0.570. The van der Waals surface area contributed by atoms with Gasteiger partial charge in [0.2, 0.25) is 5.88 Å². The minimum absolute atomic E-state index is 0.570. The number of rotatable bonds is 6. The number of hydrogen-bond acceptors (Lipinski definition) is 7. The van der Waals surface area contributed by atoms with Crippen LogP contribution < -0.4 is 15.4 Å². The van der Waals surface area contributed by atoms with Crippen molar-refractivity contribution in [2.45, 2.75) is 19.8 Å². The van der Waals surface area contributed by atoms with Crippen LogP contribution >= 0.6 is 0 Å². The van der Waals surface area contributed by atoms with Crippen LogP contribution in [0.1, 0.15) is 17.5 Å². The first-order valence-electron chi connectivity index (χ1n) is 12.4. The van der Waals surface area contributed by atoms with Crippen molar-refractivity contribution in [3.05, 3.63) is 102 Å². The van der Waals surface area contributed by atoms with Crippen molar-refractivity contribution in [2.75, 3.05) is 17.2 Å². The Labute approximate surface area is 215 Å². The third-order valence-corrected chi connectivity index (χ3v) is 6.40. The molecule has 0 atom stereocenters. The van der Waals surface area contributed by atoms with Crippen LogP contribution in [0.15, 0.2) is 91.3 Å². The molecule has 7 heteroatoms. The summed E-state index contributed by atoms with van der Waals surface area (Å²) in [6.45, 7) is 2.97. The highest BCUT2D eigenvalue weighted by Gasteiger charge is 2.18. The lowest BCUT2D eigenvalue weighted by molar-refractivity contribution is 0.465. The van der Waals surface area contributed by atoms with Gasteiger partial charge in [0.15, 0.2) is 5.82 Å². The Hall–Kier alpha value is -4.78. The number of hydrogen-bond donors (Lipinski definition) is 2. The molecule has 7 nitrogen and oxygen atoms in total. The summed E-state index contributed by atoms with van der Waals surface area (Å²) in [5.41, 5.74) is 7.08. The Balaban J connectivity index is 1.20. The zero-order valence-electron chi connectivity index (χ0n) is 20.5. The fourth-order valence-corrected chi connectivity index (χ4v) is 4.51. The second-order valence-electron chi connectivity index (χ2n) is 8.95. The van der Waals surface area contributed by atoms with Crippen molar-refractivity contribution in [3.8, 4) is 34.0 Å². The molecule has 0 spiro atoms. The van der Waals surface area contributed by atoms with Gasteiger partial charge in [-0.3, -0.25) is 0 Å². The number of aromatic nitrogens is 4. The zero-order valence-corrected chi connectivity index (χ0v) is 20.5. The van der Waals surface area contributed by atoms with Gasteiger partial charge in [-0.2, -0.15) is 0 Å². The molecule has 6 rings (SSSR count). The first kappa shape index (κ1) is 22.7. The monoisotopic (exact) mass is 486 g/mol. The number of fused-ring (bicyclic) bond motifs is 1. The van der Waals surface area contributed by atoms with Gasteiger partial charge in [-0.15, -0.1) is 10.2 Å². The van der Waals surface area contributed by atoms with Crippen molar-refractivity contribution in [1.29, 1.82) is 0 Å². The van der Waals surface area contributed by atoms with Crippen LogP contribution in [0.5, 0.6) is 11.6 Å². The maximum Gasteiger partial charge on any atom is 0.227 e. The third kappa shape index (κ3) is 4.84. The third-order valence-electron chi connectivity index (χ3n) is 6.40. The van der Waals surface area contributed by atoms with Gasteiger partial charge >= 0.3 is 0 Å². The summed E-state index contributed by atoms with van der Waals surface area (Å²) in [7, 11) is 0. The Morgan fingerprint density at radius 3 is 2.54 bits per heavy atom. The summed E-state index contributed by atoms with van der Waals surface area (Å²) in [5, 5.41) is 15.6.